The van der Waals surface area contributed by atoms with Gasteiger partial charge in [0.05, 0.1) is 6.54 Å². The second-order valence-electron chi connectivity index (χ2n) is 10.5. The summed E-state index contributed by atoms with van der Waals surface area (Å²) in [5, 5.41) is 1.29. The summed E-state index contributed by atoms with van der Waals surface area (Å²) in [7, 11) is 3.89. The van der Waals surface area contributed by atoms with Crippen molar-refractivity contribution < 1.29 is 4.79 Å². The normalized spacial score (nSPS) is 14.5. The Morgan fingerprint density at radius 1 is 1.14 bits per heavy atom. The molecule has 0 spiro atoms. The lowest BCUT2D eigenvalue weighted by molar-refractivity contribution is -0.132. The number of nitrogens with one attached hydrogen (secondary N) is 1. The van der Waals surface area contributed by atoms with E-state index in [1.165, 1.54) is 16.5 Å². The van der Waals surface area contributed by atoms with Gasteiger partial charge in [0.1, 0.15) is 6.33 Å². The van der Waals surface area contributed by atoms with E-state index in [-0.39, 0.29) is 5.91 Å². The number of hydrogen-bond donors (Lipinski definition) is 1. The summed E-state index contributed by atoms with van der Waals surface area (Å²) in [6.45, 7) is 10.8. The Labute approximate surface area is 215 Å². The fourth-order valence-corrected chi connectivity index (χ4v) is 5.14. The second-order valence-corrected chi connectivity index (χ2v) is 10.5. The Morgan fingerprint density at radius 2 is 1.89 bits per heavy atom. The number of carbonyl (C=O) groups is 1. The van der Waals surface area contributed by atoms with Crippen molar-refractivity contribution >= 4 is 16.8 Å². The summed E-state index contributed by atoms with van der Waals surface area (Å²) in [4.78, 5) is 28.8. The molecule has 6 heteroatoms. The monoisotopic (exact) mass is 485 g/mol. The van der Waals surface area contributed by atoms with E-state index in [1.807, 2.05) is 36.9 Å². The number of nitrogens with zero attached hydrogens (tertiary/aromatic N) is 4. The topological polar surface area (TPSA) is 65.1 Å². The van der Waals surface area contributed by atoms with Crippen LogP contribution in [0.4, 0.5) is 0 Å². The van der Waals surface area contributed by atoms with E-state index in [9.17, 15) is 4.79 Å². The van der Waals surface area contributed by atoms with Crippen LogP contribution in [0.5, 0.6) is 0 Å². The first-order chi connectivity index (χ1) is 17.2. The van der Waals surface area contributed by atoms with Crippen molar-refractivity contribution in [3.05, 3.63) is 71.3 Å². The Balaban J connectivity index is 1.70. The van der Waals surface area contributed by atoms with Gasteiger partial charge in [-0.25, -0.2) is 9.97 Å². The van der Waals surface area contributed by atoms with Gasteiger partial charge in [-0.3, -0.25) is 4.79 Å². The Kier molecular flexibility index (Phi) is 8.04. The van der Waals surface area contributed by atoms with Crippen LogP contribution in [-0.4, -0.2) is 64.4 Å². The molecule has 0 saturated carbocycles. The summed E-state index contributed by atoms with van der Waals surface area (Å²) in [5.74, 6) is 1.07. The van der Waals surface area contributed by atoms with Crippen molar-refractivity contribution in [3.8, 4) is 11.3 Å². The third kappa shape index (κ3) is 5.76. The van der Waals surface area contributed by atoms with Crippen molar-refractivity contribution in [2.24, 2.45) is 0 Å². The molecule has 1 fully saturated rings. The molecule has 1 amide bonds. The minimum Gasteiger partial charge on any atom is -0.354 e. The first-order valence-electron chi connectivity index (χ1n) is 12.9. The zero-order chi connectivity index (χ0) is 25.8. The van der Waals surface area contributed by atoms with Crippen LogP contribution >= 0.6 is 0 Å². The third-order valence-electron chi connectivity index (χ3n) is 7.21. The van der Waals surface area contributed by atoms with Crippen LogP contribution in [0.25, 0.3) is 22.2 Å². The molecule has 190 valence electrons. The Bertz CT molecular complexity index is 1280. The lowest BCUT2D eigenvalue weighted by atomic mass is 9.87. The molecule has 3 heterocycles. The molecule has 0 atom stereocenters. The number of hydrogen-bond acceptors (Lipinski definition) is 4. The number of amides is 1. The molecule has 1 saturated heterocycles. The maximum atomic E-state index is 12.5. The van der Waals surface area contributed by atoms with Gasteiger partial charge in [-0.1, -0.05) is 26.0 Å². The molecule has 1 aromatic carbocycles. The molecule has 1 aliphatic heterocycles. The lowest BCUT2D eigenvalue weighted by Gasteiger charge is -2.33. The number of aromatic nitrogens is 3. The number of fused-ring (bicyclic) bond motifs is 1. The highest BCUT2D eigenvalue weighted by atomic mass is 16.2. The molecule has 0 radical (unpaired) electrons. The molecule has 0 aliphatic carbocycles. The molecule has 2 aromatic heterocycles. The van der Waals surface area contributed by atoms with Gasteiger partial charge in [0.15, 0.2) is 0 Å². The van der Waals surface area contributed by atoms with E-state index in [0.717, 1.165) is 54.0 Å². The lowest BCUT2D eigenvalue weighted by Crippen LogP contribution is -2.42. The van der Waals surface area contributed by atoms with Gasteiger partial charge in [0, 0.05) is 41.6 Å². The van der Waals surface area contributed by atoms with E-state index in [4.69, 9.17) is 0 Å². The van der Waals surface area contributed by atoms with Gasteiger partial charge >= 0.3 is 0 Å². The molecular formula is C30H39N5O. The fourth-order valence-electron chi connectivity index (χ4n) is 5.14. The average Bonchev–Trinajstić information content (AvgIpc) is 3.23. The smallest absolute Gasteiger partial charge is 0.236 e. The van der Waals surface area contributed by atoms with E-state index < -0.39 is 0 Å². The summed E-state index contributed by atoms with van der Waals surface area (Å²) in [6, 6.07) is 13.2. The number of aromatic amines is 1. The van der Waals surface area contributed by atoms with E-state index in [0.29, 0.717) is 18.4 Å². The van der Waals surface area contributed by atoms with Crippen molar-refractivity contribution in [3.63, 3.8) is 0 Å². The molecule has 1 aliphatic rings. The molecule has 4 rings (SSSR count). The van der Waals surface area contributed by atoms with Gasteiger partial charge in [-0.2, -0.15) is 0 Å². The predicted octanol–water partition coefficient (Wildman–Crippen LogP) is 5.76. The van der Waals surface area contributed by atoms with Gasteiger partial charge < -0.3 is 14.8 Å². The largest absolute Gasteiger partial charge is 0.354 e. The highest BCUT2D eigenvalue weighted by Crippen LogP contribution is 2.38. The van der Waals surface area contributed by atoms with Crippen LogP contribution in [0.3, 0.4) is 0 Å². The number of rotatable bonds is 5. The maximum absolute atomic E-state index is 12.5. The Morgan fingerprint density at radius 3 is 2.58 bits per heavy atom. The first-order valence-corrected chi connectivity index (χ1v) is 12.9. The van der Waals surface area contributed by atoms with Crippen LogP contribution in [0.15, 0.2) is 48.9 Å². The fraction of sp³-hybridized carbons (Fsp3) is 0.433. The number of H-pyrrole nitrogens is 1. The first kappa shape index (κ1) is 25.8. The summed E-state index contributed by atoms with van der Waals surface area (Å²) < 4.78 is 0. The van der Waals surface area contributed by atoms with Crippen LogP contribution in [0.2, 0.25) is 0 Å². The SMILES string of the molecule is Cc1cc(-c2[nH]c3ccc(C4CCN(C(=O)CN(C)C)CC4)cc3c2C(C)C)cccncnc1C. The summed E-state index contributed by atoms with van der Waals surface area (Å²) >= 11 is 0. The van der Waals surface area contributed by atoms with Crippen molar-refractivity contribution in [2.45, 2.75) is 52.4 Å². The molecule has 0 bridgehead atoms. The molecular weight excluding hydrogens is 446 g/mol. The van der Waals surface area contributed by atoms with E-state index >= 15 is 0 Å². The quantitative estimate of drug-likeness (QED) is 0.499. The van der Waals surface area contributed by atoms with E-state index in [1.54, 1.807) is 12.5 Å². The number of piperidine rings is 1. The molecule has 0 unspecified atom stereocenters. The molecule has 1 N–H and O–H groups in total. The molecule has 6 nitrogen and oxygen atoms in total. The molecule has 3 aromatic rings. The Hall–Kier alpha value is -3.25. The predicted molar refractivity (Wildman–Crippen MR) is 148 cm³/mol. The van der Waals surface area contributed by atoms with Gasteiger partial charge in [0.2, 0.25) is 5.91 Å². The van der Waals surface area contributed by atoms with Crippen molar-refractivity contribution in [2.75, 3.05) is 33.7 Å². The number of benzene rings is 1. The van der Waals surface area contributed by atoms with Crippen LogP contribution in [-0.2, 0) is 4.79 Å². The minimum atomic E-state index is 0.230. The number of carbonyl (C=O) groups excluding carboxylic acids is 1. The number of aryl methyl sites for hydroxylation is 2. The minimum absolute atomic E-state index is 0.230. The maximum Gasteiger partial charge on any atom is 0.236 e. The van der Waals surface area contributed by atoms with Crippen molar-refractivity contribution in [1.29, 1.82) is 0 Å². The van der Waals surface area contributed by atoms with Gasteiger partial charge in [0.25, 0.3) is 0 Å². The van der Waals surface area contributed by atoms with Gasteiger partial charge in [-0.05, 0) is 99.1 Å². The standard InChI is InChI=1S/C30H39N5O/c1-20(2)29-26-17-24(23-11-14-35(15-12-23)28(36)18-34(5)6)9-10-27(26)33-30(29)25-8-7-13-31-19-32-22(4)21(3)16-25/h7-10,13,16-17,19-20,23,33H,11-12,14-15,18H2,1-6H3. The zero-order valence-corrected chi connectivity index (χ0v) is 22.5. The van der Waals surface area contributed by atoms with Gasteiger partial charge in [-0.15, -0.1) is 0 Å². The highest BCUT2D eigenvalue weighted by molar-refractivity contribution is 5.92. The van der Waals surface area contributed by atoms with E-state index in [2.05, 4.69) is 66.1 Å². The zero-order valence-electron chi connectivity index (χ0n) is 22.5. The summed E-state index contributed by atoms with van der Waals surface area (Å²) in [5.41, 5.74) is 8.23. The highest BCUT2D eigenvalue weighted by Gasteiger charge is 2.25. The number of likely N-dealkylation sites (tertiary alicyclic amines) is 1. The van der Waals surface area contributed by atoms with Crippen LogP contribution < -0.4 is 0 Å². The van der Waals surface area contributed by atoms with Crippen LogP contribution in [0, 0.1) is 13.8 Å². The second kappa shape index (κ2) is 11.2. The molecule has 36 heavy (non-hydrogen) atoms. The summed E-state index contributed by atoms with van der Waals surface area (Å²) in [6.07, 6.45) is 5.39. The number of likely N-dealkylation sites (N-methyl/N-ethyl adjacent to an activating group) is 1. The van der Waals surface area contributed by atoms with Crippen LogP contribution in [0.1, 0.15) is 60.9 Å². The average molecular weight is 486 g/mol. The van der Waals surface area contributed by atoms with Crippen molar-refractivity contribution in [1.82, 2.24) is 24.8 Å². The third-order valence-corrected chi connectivity index (χ3v) is 7.21.